The SMILES string of the molecule is COC(=O)C1NC2CCC(C2)NC1=O. The first kappa shape index (κ1) is 9.45. The predicted octanol–water partition coefficient (Wildman–Crippen LogP) is -0.832. The predicted molar refractivity (Wildman–Crippen MR) is 48.5 cm³/mol. The number of methoxy groups -OCH3 is 1. The van der Waals surface area contributed by atoms with E-state index < -0.39 is 12.0 Å². The highest BCUT2D eigenvalue weighted by molar-refractivity contribution is 6.02. The molecular weight excluding hydrogens is 184 g/mol. The maximum atomic E-state index is 11.5. The molecule has 78 valence electrons. The summed E-state index contributed by atoms with van der Waals surface area (Å²) < 4.78 is 4.56. The Hall–Kier alpha value is -1.10. The van der Waals surface area contributed by atoms with E-state index in [1.807, 2.05) is 0 Å². The molecule has 2 N–H and O–H groups in total. The second-order valence-corrected chi connectivity index (χ2v) is 3.84. The molecule has 1 saturated carbocycles. The molecule has 2 rings (SSSR count). The minimum atomic E-state index is -0.824. The van der Waals surface area contributed by atoms with Crippen LogP contribution in [0.1, 0.15) is 19.3 Å². The Morgan fingerprint density at radius 2 is 2.14 bits per heavy atom. The first-order valence-electron chi connectivity index (χ1n) is 4.85. The van der Waals surface area contributed by atoms with E-state index in [2.05, 4.69) is 15.4 Å². The molecule has 1 amide bonds. The highest BCUT2D eigenvalue weighted by Gasteiger charge is 2.38. The minimum Gasteiger partial charge on any atom is -0.467 e. The van der Waals surface area contributed by atoms with Gasteiger partial charge in [-0.1, -0.05) is 0 Å². The zero-order chi connectivity index (χ0) is 10.1. The van der Waals surface area contributed by atoms with Crippen LogP contribution in [0.4, 0.5) is 0 Å². The first-order chi connectivity index (χ1) is 6.70. The lowest BCUT2D eigenvalue weighted by molar-refractivity contribution is -0.147. The number of esters is 1. The van der Waals surface area contributed by atoms with Crippen molar-refractivity contribution in [3.05, 3.63) is 0 Å². The average molecular weight is 198 g/mol. The molecule has 0 aromatic carbocycles. The fraction of sp³-hybridized carbons (Fsp3) is 0.778. The number of hydrogen-bond acceptors (Lipinski definition) is 4. The topological polar surface area (TPSA) is 67.4 Å². The van der Waals surface area contributed by atoms with Crippen LogP contribution in [0, 0.1) is 0 Å². The van der Waals surface area contributed by atoms with Crippen LogP contribution in [-0.4, -0.2) is 37.1 Å². The molecule has 14 heavy (non-hydrogen) atoms. The van der Waals surface area contributed by atoms with Crippen LogP contribution in [0.15, 0.2) is 0 Å². The Morgan fingerprint density at radius 1 is 1.43 bits per heavy atom. The van der Waals surface area contributed by atoms with Gasteiger partial charge in [0.1, 0.15) is 0 Å². The molecule has 1 saturated heterocycles. The summed E-state index contributed by atoms with van der Waals surface area (Å²) in [5.74, 6) is -0.765. The largest absolute Gasteiger partial charge is 0.467 e. The van der Waals surface area contributed by atoms with Crippen molar-refractivity contribution in [3.63, 3.8) is 0 Å². The number of ether oxygens (including phenoxy) is 1. The van der Waals surface area contributed by atoms with Gasteiger partial charge in [0.25, 0.3) is 0 Å². The molecule has 2 fully saturated rings. The standard InChI is InChI=1S/C9H14N2O3/c1-14-9(13)7-8(12)11-6-3-2-5(4-6)10-7/h5-7,10H,2-4H2,1H3,(H,11,12). The van der Waals surface area contributed by atoms with Gasteiger partial charge in [0.2, 0.25) is 5.91 Å². The van der Waals surface area contributed by atoms with Gasteiger partial charge in [0.05, 0.1) is 7.11 Å². The number of carbonyl (C=O) groups excluding carboxylic acids is 2. The molecule has 0 spiro atoms. The van der Waals surface area contributed by atoms with Crippen molar-refractivity contribution < 1.29 is 14.3 Å². The maximum absolute atomic E-state index is 11.5. The van der Waals surface area contributed by atoms with E-state index in [1.54, 1.807) is 0 Å². The van der Waals surface area contributed by atoms with Gasteiger partial charge in [-0.15, -0.1) is 0 Å². The molecule has 0 aromatic heterocycles. The van der Waals surface area contributed by atoms with Gasteiger partial charge in [-0.05, 0) is 19.3 Å². The summed E-state index contributed by atoms with van der Waals surface area (Å²) in [7, 11) is 1.29. The van der Waals surface area contributed by atoms with Gasteiger partial charge in [-0.3, -0.25) is 10.1 Å². The maximum Gasteiger partial charge on any atom is 0.332 e. The zero-order valence-corrected chi connectivity index (χ0v) is 8.08. The number of hydrogen-bond donors (Lipinski definition) is 2. The fourth-order valence-corrected chi connectivity index (χ4v) is 2.15. The van der Waals surface area contributed by atoms with Gasteiger partial charge in [0, 0.05) is 12.1 Å². The number of fused-ring (bicyclic) bond motifs is 2. The Morgan fingerprint density at radius 3 is 2.86 bits per heavy atom. The third-order valence-electron chi connectivity index (χ3n) is 2.88. The third-order valence-corrected chi connectivity index (χ3v) is 2.88. The Balaban J connectivity index is 2.10. The van der Waals surface area contributed by atoms with Crippen LogP contribution in [0.5, 0.6) is 0 Å². The van der Waals surface area contributed by atoms with Crippen LogP contribution in [0.25, 0.3) is 0 Å². The lowest BCUT2D eigenvalue weighted by Crippen LogP contribution is -2.51. The molecule has 2 bridgehead atoms. The van der Waals surface area contributed by atoms with Gasteiger partial charge in [-0.25, -0.2) is 4.79 Å². The van der Waals surface area contributed by atoms with Gasteiger partial charge in [0.15, 0.2) is 6.04 Å². The minimum absolute atomic E-state index is 0.231. The second kappa shape index (κ2) is 3.57. The van der Waals surface area contributed by atoms with Gasteiger partial charge in [-0.2, -0.15) is 0 Å². The summed E-state index contributed by atoms with van der Waals surface area (Å²) in [6, 6.07) is -0.326. The van der Waals surface area contributed by atoms with Crippen molar-refractivity contribution in [1.82, 2.24) is 10.6 Å². The summed E-state index contributed by atoms with van der Waals surface area (Å²) >= 11 is 0. The smallest absolute Gasteiger partial charge is 0.332 e. The van der Waals surface area contributed by atoms with E-state index in [-0.39, 0.29) is 18.0 Å². The van der Waals surface area contributed by atoms with Crippen LogP contribution < -0.4 is 10.6 Å². The number of rotatable bonds is 1. The van der Waals surface area contributed by atoms with Crippen LogP contribution >= 0.6 is 0 Å². The van der Waals surface area contributed by atoms with Crippen molar-refractivity contribution >= 4 is 11.9 Å². The second-order valence-electron chi connectivity index (χ2n) is 3.84. The monoisotopic (exact) mass is 198 g/mol. The molecular formula is C9H14N2O3. The number of carbonyl (C=O) groups is 2. The van der Waals surface area contributed by atoms with Crippen molar-refractivity contribution in [3.8, 4) is 0 Å². The molecule has 3 unspecified atom stereocenters. The van der Waals surface area contributed by atoms with E-state index >= 15 is 0 Å². The zero-order valence-electron chi connectivity index (χ0n) is 8.08. The lowest BCUT2D eigenvalue weighted by Gasteiger charge is -2.18. The van der Waals surface area contributed by atoms with Crippen molar-refractivity contribution in [2.24, 2.45) is 0 Å². The molecule has 0 aromatic rings. The number of amides is 1. The molecule has 1 aliphatic carbocycles. The molecule has 1 heterocycles. The van der Waals surface area contributed by atoms with E-state index in [0.29, 0.717) is 0 Å². The van der Waals surface area contributed by atoms with Crippen molar-refractivity contribution in [2.45, 2.75) is 37.4 Å². The molecule has 2 aliphatic rings. The van der Waals surface area contributed by atoms with E-state index in [0.717, 1.165) is 19.3 Å². The Bertz CT molecular complexity index is 267. The third kappa shape index (κ3) is 1.59. The normalized spacial score (nSPS) is 36.1. The van der Waals surface area contributed by atoms with Crippen LogP contribution in [0.2, 0.25) is 0 Å². The van der Waals surface area contributed by atoms with Crippen molar-refractivity contribution in [2.75, 3.05) is 7.11 Å². The summed E-state index contributed by atoms with van der Waals surface area (Å²) in [6.07, 6.45) is 2.93. The lowest BCUT2D eigenvalue weighted by atomic mass is 10.2. The average Bonchev–Trinajstić information content (AvgIpc) is 2.52. The first-order valence-corrected chi connectivity index (χ1v) is 4.85. The highest BCUT2D eigenvalue weighted by atomic mass is 16.5. The summed E-state index contributed by atoms with van der Waals surface area (Å²) in [5, 5.41) is 5.85. The Kier molecular flexibility index (Phi) is 2.41. The highest BCUT2D eigenvalue weighted by Crippen LogP contribution is 2.22. The quantitative estimate of drug-likeness (QED) is 0.426. The fourth-order valence-electron chi connectivity index (χ4n) is 2.15. The van der Waals surface area contributed by atoms with Crippen molar-refractivity contribution in [1.29, 1.82) is 0 Å². The van der Waals surface area contributed by atoms with Crippen LogP contribution in [0.3, 0.4) is 0 Å². The van der Waals surface area contributed by atoms with Gasteiger partial charge < -0.3 is 10.1 Å². The molecule has 5 heteroatoms. The molecule has 5 nitrogen and oxygen atoms in total. The summed E-state index contributed by atoms with van der Waals surface area (Å²) in [4.78, 5) is 22.8. The summed E-state index contributed by atoms with van der Waals surface area (Å²) in [6.45, 7) is 0. The van der Waals surface area contributed by atoms with Gasteiger partial charge >= 0.3 is 5.97 Å². The molecule has 3 atom stereocenters. The number of nitrogens with one attached hydrogen (secondary N) is 2. The molecule has 0 radical (unpaired) electrons. The van der Waals surface area contributed by atoms with E-state index in [9.17, 15) is 9.59 Å². The van der Waals surface area contributed by atoms with E-state index in [1.165, 1.54) is 7.11 Å². The summed E-state index contributed by atoms with van der Waals surface area (Å²) in [5.41, 5.74) is 0. The van der Waals surface area contributed by atoms with Crippen LogP contribution in [-0.2, 0) is 14.3 Å². The van der Waals surface area contributed by atoms with E-state index in [4.69, 9.17) is 0 Å². The molecule has 1 aliphatic heterocycles. The Labute approximate surface area is 82.2 Å².